The monoisotopic (exact) mass is 253 g/mol. The molecule has 104 valence electrons. The van der Waals surface area contributed by atoms with E-state index < -0.39 is 0 Å². The minimum absolute atomic E-state index is 0.261. The highest BCUT2D eigenvalue weighted by Gasteiger charge is 2.42. The van der Waals surface area contributed by atoms with Gasteiger partial charge >= 0.3 is 0 Å². The third kappa shape index (κ3) is 3.06. The van der Waals surface area contributed by atoms with Crippen LogP contribution in [0.4, 0.5) is 0 Å². The number of ether oxygens (including phenoxy) is 2. The van der Waals surface area contributed by atoms with Crippen LogP contribution in [0.2, 0.25) is 0 Å². The summed E-state index contributed by atoms with van der Waals surface area (Å²) >= 11 is 0. The van der Waals surface area contributed by atoms with Crippen molar-refractivity contribution in [2.45, 2.75) is 75.5 Å². The zero-order chi connectivity index (χ0) is 12.3. The molecule has 3 aliphatic rings. The van der Waals surface area contributed by atoms with E-state index in [9.17, 15) is 0 Å². The van der Waals surface area contributed by atoms with Gasteiger partial charge in [-0.2, -0.15) is 0 Å². The number of nitrogens with one attached hydrogen (secondary N) is 1. The van der Waals surface area contributed by atoms with Crippen LogP contribution in [0, 0.1) is 0 Å². The second-order valence-electron chi connectivity index (χ2n) is 6.35. The van der Waals surface area contributed by atoms with Crippen molar-refractivity contribution < 1.29 is 9.47 Å². The second kappa shape index (κ2) is 5.89. The maximum absolute atomic E-state index is 6.25. The van der Waals surface area contributed by atoms with Crippen molar-refractivity contribution in [3.63, 3.8) is 0 Å². The molecule has 0 aromatic carbocycles. The van der Waals surface area contributed by atoms with Gasteiger partial charge in [0.25, 0.3) is 0 Å². The first-order valence-electron chi connectivity index (χ1n) is 7.85. The quantitative estimate of drug-likeness (QED) is 0.835. The lowest BCUT2D eigenvalue weighted by molar-refractivity contribution is -0.0704. The molecular weight excluding hydrogens is 226 g/mol. The molecule has 1 aliphatic carbocycles. The minimum Gasteiger partial charge on any atom is -0.377 e. The molecule has 0 aromatic rings. The Morgan fingerprint density at radius 1 is 1.00 bits per heavy atom. The predicted molar refractivity (Wildman–Crippen MR) is 71.8 cm³/mol. The van der Waals surface area contributed by atoms with Gasteiger partial charge in [0.15, 0.2) is 0 Å². The van der Waals surface area contributed by atoms with Crippen molar-refractivity contribution >= 4 is 0 Å². The maximum Gasteiger partial charge on any atom is 0.0817 e. The zero-order valence-electron chi connectivity index (χ0n) is 11.5. The first kappa shape index (κ1) is 12.9. The second-order valence-corrected chi connectivity index (χ2v) is 6.35. The highest BCUT2D eigenvalue weighted by molar-refractivity contribution is 4.92. The van der Waals surface area contributed by atoms with Gasteiger partial charge in [-0.3, -0.25) is 0 Å². The summed E-state index contributed by atoms with van der Waals surface area (Å²) in [5.74, 6) is 0. The highest BCUT2D eigenvalue weighted by atomic mass is 16.6. The SMILES string of the molecule is C1CCC(COCC2CCC3(CCCC3)O2)NC1. The number of hydrogen-bond donors (Lipinski definition) is 1. The van der Waals surface area contributed by atoms with Crippen LogP contribution < -0.4 is 5.32 Å². The molecule has 2 heterocycles. The Labute approximate surface area is 111 Å². The van der Waals surface area contributed by atoms with Crippen LogP contribution >= 0.6 is 0 Å². The topological polar surface area (TPSA) is 30.5 Å². The average Bonchev–Trinajstić information content (AvgIpc) is 3.02. The van der Waals surface area contributed by atoms with Crippen LogP contribution in [0.5, 0.6) is 0 Å². The fourth-order valence-electron chi connectivity index (χ4n) is 3.81. The summed E-state index contributed by atoms with van der Waals surface area (Å²) in [6.45, 7) is 2.84. The Morgan fingerprint density at radius 2 is 1.89 bits per heavy atom. The first-order valence-corrected chi connectivity index (χ1v) is 7.85. The van der Waals surface area contributed by atoms with Crippen molar-refractivity contribution in [2.75, 3.05) is 19.8 Å². The molecule has 0 bridgehead atoms. The summed E-state index contributed by atoms with van der Waals surface area (Å²) in [6.07, 6.45) is 12.1. The van der Waals surface area contributed by atoms with Crippen LogP contribution in [-0.4, -0.2) is 37.5 Å². The van der Waals surface area contributed by atoms with Gasteiger partial charge in [-0.1, -0.05) is 19.3 Å². The van der Waals surface area contributed by atoms with Gasteiger partial charge in [-0.05, 0) is 45.1 Å². The Hall–Kier alpha value is -0.120. The van der Waals surface area contributed by atoms with Gasteiger partial charge in [0.1, 0.15) is 0 Å². The zero-order valence-corrected chi connectivity index (χ0v) is 11.5. The van der Waals surface area contributed by atoms with E-state index in [0.717, 1.165) is 19.8 Å². The molecule has 0 radical (unpaired) electrons. The molecule has 2 aliphatic heterocycles. The first-order chi connectivity index (χ1) is 8.86. The molecule has 3 nitrogen and oxygen atoms in total. The average molecular weight is 253 g/mol. The van der Waals surface area contributed by atoms with E-state index in [4.69, 9.17) is 9.47 Å². The summed E-state index contributed by atoms with van der Waals surface area (Å²) < 4.78 is 12.1. The lowest BCUT2D eigenvalue weighted by Crippen LogP contribution is -2.38. The summed E-state index contributed by atoms with van der Waals surface area (Å²) in [4.78, 5) is 0. The highest BCUT2D eigenvalue weighted by Crippen LogP contribution is 2.43. The van der Waals surface area contributed by atoms with Crippen LogP contribution in [0.25, 0.3) is 0 Å². The lowest BCUT2D eigenvalue weighted by atomic mass is 9.98. The molecule has 2 atom stereocenters. The van der Waals surface area contributed by atoms with Gasteiger partial charge in [0, 0.05) is 6.04 Å². The van der Waals surface area contributed by atoms with Crippen LogP contribution in [0.1, 0.15) is 57.8 Å². The third-order valence-electron chi connectivity index (χ3n) is 4.89. The summed E-state index contributed by atoms with van der Waals surface area (Å²) in [6, 6.07) is 0.584. The van der Waals surface area contributed by atoms with E-state index in [0.29, 0.717) is 12.1 Å². The van der Waals surface area contributed by atoms with Crippen molar-refractivity contribution in [3.05, 3.63) is 0 Å². The molecule has 2 unspecified atom stereocenters. The molecule has 3 fully saturated rings. The van der Waals surface area contributed by atoms with Crippen molar-refractivity contribution in [1.29, 1.82) is 0 Å². The maximum atomic E-state index is 6.25. The molecule has 0 aromatic heterocycles. The van der Waals surface area contributed by atoms with Gasteiger partial charge in [-0.25, -0.2) is 0 Å². The molecular formula is C15H27NO2. The number of hydrogen-bond acceptors (Lipinski definition) is 3. The fourth-order valence-corrected chi connectivity index (χ4v) is 3.81. The summed E-state index contributed by atoms with van der Waals surface area (Å²) in [5, 5.41) is 3.53. The molecule has 3 rings (SSSR count). The van der Waals surface area contributed by atoms with Crippen LogP contribution in [0.3, 0.4) is 0 Å². The van der Waals surface area contributed by atoms with E-state index in [1.807, 2.05) is 0 Å². The van der Waals surface area contributed by atoms with E-state index in [2.05, 4.69) is 5.32 Å². The van der Waals surface area contributed by atoms with E-state index in [1.54, 1.807) is 0 Å². The van der Waals surface area contributed by atoms with E-state index in [1.165, 1.54) is 57.8 Å². The van der Waals surface area contributed by atoms with Crippen LogP contribution in [0.15, 0.2) is 0 Å². The molecule has 1 N–H and O–H groups in total. The van der Waals surface area contributed by atoms with E-state index in [-0.39, 0.29) is 5.60 Å². The van der Waals surface area contributed by atoms with Crippen molar-refractivity contribution in [3.8, 4) is 0 Å². The van der Waals surface area contributed by atoms with Gasteiger partial charge < -0.3 is 14.8 Å². The Bertz CT molecular complexity index is 257. The van der Waals surface area contributed by atoms with Gasteiger partial charge in [0.05, 0.1) is 24.9 Å². The van der Waals surface area contributed by atoms with Crippen LogP contribution in [-0.2, 0) is 9.47 Å². The van der Waals surface area contributed by atoms with Crippen molar-refractivity contribution in [2.24, 2.45) is 0 Å². The molecule has 2 saturated heterocycles. The van der Waals surface area contributed by atoms with Crippen molar-refractivity contribution in [1.82, 2.24) is 5.32 Å². The summed E-state index contributed by atoms with van der Waals surface area (Å²) in [7, 11) is 0. The Morgan fingerprint density at radius 3 is 2.67 bits per heavy atom. The molecule has 3 heteroatoms. The predicted octanol–water partition coefficient (Wildman–Crippen LogP) is 2.64. The molecule has 18 heavy (non-hydrogen) atoms. The minimum atomic E-state index is 0.261. The third-order valence-corrected chi connectivity index (χ3v) is 4.89. The summed E-state index contributed by atoms with van der Waals surface area (Å²) in [5.41, 5.74) is 0.261. The molecule has 1 spiro atoms. The number of rotatable bonds is 4. The molecule has 0 amide bonds. The Balaban J connectivity index is 1.34. The lowest BCUT2D eigenvalue weighted by Gasteiger charge is -2.25. The normalized spacial score (nSPS) is 35.3. The van der Waals surface area contributed by atoms with E-state index >= 15 is 0 Å². The fraction of sp³-hybridized carbons (Fsp3) is 1.00. The number of piperidine rings is 1. The van der Waals surface area contributed by atoms with Gasteiger partial charge in [-0.15, -0.1) is 0 Å². The van der Waals surface area contributed by atoms with Gasteiger partial charge in [0.2, 0.25) is 0 Å². The largest absolute Gasteiger partial charge is 0.377 e. The Kier molecular flexibility index (Phi) is 4.22. The molecule has 1 saturated carbocycles. The smallest absolute Gasteiger partial charge is 0.0817 e. The standard InChI is InChI=1S/C15H27NO2/c1-4-10-16-13(5-1)11-17-12-14-6-9-15(18-14)7-2-3-8-15/h13-14,16H,1-12H2.